The highest BCUT2D eigenvalue weighted by Gasteiger charge is 2.70. The smallest absolute Gasteiger partial charge is 0.331 e. The van der Waals surface area contributed by atoms with Gasteiger partial charge in [-0.2, -0.15) is 0 Å². The Bertz CT molecular complexity index is 718. The van der Waals surface area contributed by atoms with Gasteiger partial charge in [0.05, 0.1) is 17.8 Å². The number of ether oxygens (including phenoxy) is 1. The van der Waals surface area contributed by atoms with E-state index in [4.69, 9.17) is 4.74 Å². The summed E-state index contributed by atoms with van der Waals surface area (Å²) in [6, 6.07) is 0. The number of hydrogen-bond acceptors (Lipinski definition) is 5. The van der Waals surface area contributed by atoms with Crippen molar-refractivity contribution < 1.29 is 24.9 Å². The Morgan fingerprint density at radius 2 is 1.82 bits per heavy atom. The molecule has 5 nitrogen and oxygen atoms in total. The minimum Gasteiger partial charge on any atom is -0.458 e. The Labute approximate surface area is 167 Å². The van der Waals surface area contributed by atoms with Crippen molar-refractivity contribution in [1.29, 1.82) is 0 Å². The molecule has 1 aliphatic heterocycles. The summed E-state index contributed by atoms with van der Waals surface area (Å²) in [6.45, 7) is 4.69. The lowest BCUT2D eigenvalue weighted by molar-refractivity contribution is -0.244. The SMILES string of the molecule is C[C@]12CC[C@H](O)C[C@@H]1CC[C@H]1[C@H]2C[C@@H](O)[C@]2(C)[C@H](C3=CC(=O)OC3)CC[C@]12O. The maximum atomic E-state index is 12.1. The number of aliphatic hydroxyl groups is 3. The molecule has 156 valence electrons. The van der Waals surface area contributed by atoms with Gasteiger partial charge in [-0.3, -0.25) is 0 Å². The highest BCUT2D eigenvalue weighted by Crippen LogP contribution is 2.69. The van der Waals surface area contributed by atoms with Crippen LogP contribution in [0.15, 0.2) is 11.6 Å². The van der Waals surface area contributed by atoms with Gasteiger partial charge in [0.15, 0.2) is 0 Å². The normalized spacial score (nSPS) is 55.8. The summed E-state index contributed by atoms with van der Waals surface area (Å²) < 4.78 is 5.16. The Kier molecular flexibility index (Phi) is 4.12. The maximum Gasteiger partial charge on any atom is 0.331 e. The van der Waals surface area contributed by atoms with Crippen LogP contribution in [0.25, 0.3) is 0 Å². The third kappa shape index (κ3) is 2.27. The summed E-state index contributed by atoms with van der Waals surface area (Å²) in [5.74, 6) is 0.657. The number of rotatable bonds is 1. The maximum absolute atomic E-state index is 12.1. The van der Waals surface area contributed by atoms with Crippen LogP contribution in [-0.2, 0) is 9.53 Å². The van der Waals surface area contributed by atoms with Gasteiger partial charge in [0.2, 0.25) is 0 Å². The average molecular weight is 391 g/mol. The van der Waals surface area contributed by atoms with Crippen LogP contribution in [0, 0.1) is 34.5 Å². The summed E-state index contributed by atoms with van der Waals surface area (Å²) in [7, 11) is 0. The predicted octanol–water partition coefficient (Wildman–Crippen LogP) is 2.58. The van der Waals surface area contributed by atoms with Crippen LogP contribution in [0.2, 0.25) is 0 Å². The van der Waals surface area contributed by atoms with Gasteiger partial charge in [-0.25, -0.2) is 4.79 Å². The number of aliphatic hydroxyl groups excluding tert-OH is 2. The van der Waals surface area contributed by atoms with Crippen molar-refractivity contribution in [2.75, 3.05) is 6.61 Å². The number of hydrogen-bond donors (Lipinski definition) is 3. The molecule has 4 fully saturated rings. The number of carbonyl (C=O) groups excluding carboxylic acids is 1. The number of carbonyl (C=O) groups is 1. The molecule has 5 heteroatoms. The van der Waals surface area contributed by atoms with Crippen LogP contribution in [-0.4, -0.2) is 45.7 Å². The van der Waals surface area contributed by atoms with Gasteiger partial charge in [-0.05, 0) is 86.0 Å². The summed E-state index contributed by atoms with van der Waals surface area (Å²) in [4.78, 5) is 11.6. The molecule has 0 radical (unpaired) electrons. The first-order valence-corrected chi connectivity index (χ1v) is 11.2. The third-order valence-corrected chi connectivity index (χ3v) is 10.0. The standard InChI is InChI=1S/C23H34O5/c1-21-7-5-15(24)10-14(21)3-4-17-18(21)11-19(25)22(2)16(6-8-23(17,22)27)13-9-20(26)28-12-13/h9,14-19,24-25,27H,3-8,10-12H2,1-2H3/t14-,15-,16-,17-,18+,19+,21-,22-,23-/m0/s1. The second kappa shape index (κ2) is 6.05. The molecule has 0 bridgehead atoms. The molecule has 28 heavy (non-hydrogen) atoms. The van der Waals surface area contributed by atoms with Crippen LogP contribution in [0.1, 0.15) is 65.2 Å². The molecule has 5 rings (SSSR count). The molecule has 1 heterocycles. The zero-order valence-corrected chi connectivity index (χ0v) is 17.1. The first-order valence-electron chi connectivity index (χ1n) is 11.2. The zero-order valence-electron chi connectivity index (χ0n) is 17.1. The minimum absolute atomic E-state index is 0.00129. The summed E-state index contributed by atoms with van der Waals surface area (Å²) in [5, 5.41) is 33.7. The van der Waals surface area contributed by atoms with Gasteiger partial charge in [0, 0.05) is 11.5 Å². The van der Waals surface area contributed by atoms with Crippen LogP contribution in [0.4, 0.5) is 0 Å². The topological polar surface area (TPSA) is 87.0 Å². The molecule has 0 spiro atoms. The molecular formula is C23H34O5. The second-order valence-corrected chi connectivity index (χ2v) is 10.8. The molecule has 0 aromatic rings. The van der Waals surface area contributed by atoms with Gasteiger partial charge in [0.1, 0.15) is 6.61 Å². The molecule has 4 saturated carbocycles. The van der Waals surface area contributed by atoms with E-state index in [1.54, 1.807) is 6.08 Å². The largest absolute Gasteiger partial charge is 0.458 e. The molecule has 3 N–H and O–H groups in total. The molecule has 5 aliphatic rings. The number of fused-ring (bicyclic) bond motifs is 5. The first-order chi connectivity index (χ1) is 13.2. The predicted molar refractivity (Wildman–Crippen MR) is 103 cm³/mol. The molecule has 0 amide bonds. The van der Waals surface area contributed by atoms with Crippen molar-refractivity contribution in [3.8, 4) is 0 Å². The van der Waals surface area contributed by atoms with Gasteiger partial charge in [-0.15, -0.1) is 0 Å². The summed E-state index contributed by atoms with van der Waals surface area (Å²) in [5.41, 5.74) is -0.507. The van der Waals surface area contributed by atoms with Crippen LogP contribution >= 0.6 is 0 Å². The molecule has 0 unspecified atom stereocenters. The highest BCUT2D eigenvalue weighted by atomic mass is 16.5. The quantitative estimate of drug-likeness (QED) is 0.599. The average Bonchev–Trinajstić information content (AvgIpc) is 3.19. The van der Waals surface area contributed by atoms with E-state index in [0.717, 1.165) is 44.1 Å². The lowest BCUT2D eigenvalue weighted by Crippen LogP contribution is -2.67. The molecule has 4 aliphatic carbocycles. The van der Waals surface area contributed by atoms with Crippen molar-refractivity contribution in [3.63, 3.8) is 0 Å². The van der Waals surface area contributed by atoms with Crippen LogP contribution in [0.3, 0.4) is 0 Å². The fraction of sp³-hybridized carbons (Fsp3) is 0.870. The van der Waals surface area contributed by atoms with Gasteiger partial charge in [-0.1, -0.05) is 13.8 Å². The van der Waals surface area contributed by atoms with E-state index < -0.39 is 17.1 Å². The molecule has 0 aromatic heterocycles. The van der Waals surface area contributed by atoms with Crippen molar-refractivity contribution in [3.05, 3.63) is 11.6 Å². The lowest BCUT2D eigenvalue weighted by Gasteiger charge is -2.64. The van der Waals surface area contributed by atoms with E-state index in [1.807, 2.05) is 6.92 Å². The van der Waals surface area contributed by atoms with Crippen molar-refractivity contribution in [2.24, 2.45) is 34.5 Å². The van der Waals surface area contributed by atoms with Crippen molar-refractivity contribution in [2.45, 2.75) is 83.0 Å². The third-order valence-electron chi connectivity index (χ3n) is 10.0. The van der Waals surface area contributed by atoms with Gasteiger partial charge >= 0.3 is 5.97 Å². The Morgan fingerprint density at radius 3 is 2.54 bits per heavy atom. The van der Waals surface area contributed by atoms with E-state index in [1.165, 1.54) is 0 Å². The fourth-order valence-electron chi connectivity index (χ4n) is 8.37. The second-order valence-electron chi connectivity index (χ2n) is 10.8. The Morgan fingerprint density at radius 1 is 1.04 bits per heavy atom. The van der Waals surface area contributed by atoms with E-state index in [9.17, 15) is 20.1 Å². The van der Waals surface area contributed by atoms with E-state index in [0.29, 0.717) is 31.3 Å². The minimum atomic E-state index is -0.906. The molecule has 9 atom stereocenters. The van der Waals surface area contributed by atoms with E-state index in [-0.39, 0.29) is 29.3 Å². The lowest BCUT2D eigenvalue weighted by atomic mass is 9.42. The number of cyclic esters (lactones) is 1. The molecule has 0 saturated heterocycles. The molecule has 0 aromatic carbocycles. The van der Waals surface area contributed by atoms with Gasteiger partial charge in [0.25, 0.3) is 0 Å². The fourth-order valence-corrected chi connectivity index (χ4v) is 8.37. The first kappa shape index (κ1) is 19.1. The Balaban J connectivity index is 1.51. The van der Waals surface area contributed by atoms with Crippen molar-refractivity contribution >= 4 is 5.97 Å². The highest BCUT2D eigenvalue weighted by molar-refractivity contribution is 5.85. The Hall–Kier alpha value is -0.910. The van der Waals surface area contributed by atoms with Gasteiger partial charge < -0.3 is 20.1 Å². The zero-order chi connectivity index (χ0) is 19.9. The van der Waals surface area contributed by atoms with Crippen LogP contribution < -0.4 is 0 Å². The monoisotopic (exact) mass is 390 g/mol. The molecular weight excluding hydrogens is 356 g/mol. The van der Waals surface area contributed by atoms with E-state index >= 15 is 0 Å². The van der Waals surface area contributed by atoms with E-state index in [2.05, 4.69) is 6.92 Å². The van der Waals surface area contributed by atoms with Crippen molar-refractivity contribution in [1.82, 2.24) is 0 Å². The summed E-state index contributed by atoms with van der Waals surface area (Å²) >= 11 is 0. The summed E-state index contributed by atoms with van der Waals surface area (Å²) in [6.07, 6.45) is 7.69. The number of esters is 1. The van der Waals surface area contributed by atoms with Crippen LogP contribution in [0.5, 0.6) is 0 Å².